The number of hydrogen-bond donors (Lipinski definition) is 1. The largest absolute Gasteiger partial charge is 0.516 e. The Morgan fingerprint density at radius 1 is 1.26 bits per heavy atom. The first kappa shape index (κ1) is 19.8. The second kappa shape index (κ2) is 7.55. The third-order valence-electron chi connectivity index (χ3n) is 5.41. The normalized spacial score (nSPS) is 18.9. The van der Waals surface area contributed by atoms with Crippen LogP contribution in [0, 0.1) is 0 Å². The Morgan fingerprint density at radius 3 is 2.97 bits per heavy atom. The summed E-state index contributed by atoms with van der Waals surface area (Å²) in [4.78, 5) is 18.8. The van der Waals surface area contributed by atoms with Gasteiger partial charge in [-0.2, -0.15) is 10.1 Å². The van der Waals surface area contributed by atoms with E-state index in [0.29, 0.717) is 43.4 Å². The average Bonchev–Trinajstić information content (AvgIpc) is 3.28. The molecule has 1 atom stereocenters. The number of carbonyl (C=O) groups excluding carboxylic acids is 1. The minimum Gasteiger partial charge on any atom is -0.516 e. The minimum absolute atomic E-state index is 0.0113. The van der Waals surface area contributed by atoms with Gasteiger partial charge >= 0.3 is 0 Å². The van der Waals surface area contributed by atoms with E-state index in [1.54, 1.807) is 35.1 Å². The van der Waals surface area contributed by atoms with Crippen LogP contribution in [-0.4, -0.2) is 80.0 Å². The zero-order chi connectivity index (χ0) is 21.6. The fourth-order valence-corrected chi connectivity index (χ4v) is 4.03. The Labute approximate surface area is 183 Å². The molecule has 8 nitrogen and oxygen atoms in total. The van der Waals surface area contributed by atoms with Crippen LogP contribution in [0.3, 0.4) is 0 Å². The van der Waals surface area contributed by atoms with Crippen molar-refractivity contribution in [3.05, 3.63) is 36.7 Å². The number of fused-ring (bicyclic) bond motifs is 5. The highest BCUT2D eigenvalue weighted by molar-refractivity contribution is 6.58. The van der Waals surface area contributed by atoms with Crippen molar-refractivity contribution in [1.29, 1.82) is 0 Å². The summed E-state index contributed by atoms with van der Waals surface area (Å²) in [5, 5.41) is 5.90. The van der Waals surface area contributed by atoms with E-state index in [2.05, 4.69) is 15.4 Å². The van der Waals surface area contributed by atoms with Crippen LogP contribution < -0.4 is 14.8 Å². The van der Waals surface area contributed by atoms with Crippen molar-refractivity contribution in [1.82, 2.24) is 19.5 Å². The number of aromatic nitrogens is 3. The van der Waals surface area contributed by atoms with Gasteiger partial charge in [0.1, 0.15) is 35.9 Å². The predicted octanol–water partition coefficient (Wildman–Crippen LogP) is 0.687. The maximum Gasteiger partial charge on any atom is 0.223 e. The summed E-state index contributed by atoms with van der Waals surface area (Å²) >= 11 is 0. The lowest BCUT2D eigenvalue weighted by Crippen LogP contribution is -2.40. The molecule has 2 aromatic heterocycles. The summed E-state index contributed by atoms with van der Waals surface area (Å²) in [7, 11) is 16.9. The van der Waals surface area contributed by atoms with E-state index in [1.165, 1.54) is 0 Å². The fraction of sp³-hybridized carbons (Fsp3) is 0.350. The Kier molecular flexibility index (Phi) is 4.83. The molecule has 0 spiro atoms. The minimum atomic E-state index is -1.83. The van der Waals surface area contributed by atoms with Crippen molar-refractivity contribution < 1.29 is 14.3 Å². The van der Waals surface area contributed by atoms with Crippen molar-refractivity contribution in [3.63, 3.8) is 0 Å². The molecule has 5 rings (SSSR count). The number of anilines is 1. The van der Waals surface area contributed by atoms with Gasteiger partial charge in [-0.1, -0.05) is 0 Å². The van der Waals surface area contributed by atoms with E-state index in [1.807, 2.05) is 11.0 Å². The van der Waals surface area contributed by atoms with Crippen LogP contribution in [0.4, 0.5) is 5.69 Å². The third kappa shape index (κ3) is 4.09. The van der Waals surface area contributed by atoms with Gasteiger partial charge in [0.15, 0.2) is 5.65 Å². The summed E-state index contributed by atoms with van der Waals surface area (Å²) < 4.78 is 13.1. The van der Waals surface area contributed by atoms with Crippen molar-refractivity contribution in [2.45, 2.75) is 24.2 Å². The lowest BCUT2D eigenvalue weighted by Gasteiger charge is -2.26. The molecule has 1 saturated heterocycles. The first-order valence-electron chi connectivity index (χ1n) is 10.1. The molecule has 1 amide bonds. The number of amides is 1. The molecule has 4 bridgehead atoms. The summed E-state index contributed by atoms with van der Waals surface area (Å²) in [6, 6.07) is 7.24. The quantitative estimate of drug-likeness (QED) is 0.628. The predicted molar refractivity (Wildman–Crippen MR) is 118 cm³/mol. The maximum absolute atomic E-state index is 12.4. The van der Waals surface area contributed by atoms with Crippen LogP contribution in [0.2, 0.25) is 0 Å². The van der Waals surface area contributed by atoms with Crippen LogP contribution in [-0.2, 0) is 4.79 Å². The van der Waals surface area contributed by atoms with Gasteiger partial charge < -0.3 is 19.7 Å². The molecule has 150 valence electrons. The molecule has 6 radical (unpaired) electrons. The molecule has 0 saturated carbocycles. The highest BCUT2D eigenvalue weighted by atomic mass is 16.5. The van der Waals surface area contributed by atoms with Gasteiger partial charge in [-0.05, 0) is 29.4 Å². The molecule has 11 heteroatoms. The van der Waals surface area contributed by atoms with Crippen LogP contribution >= 0.6 is 0 Å². The topological polar surface area (TPSA) is 81.0 Å². The zero-order valence-corrected chi connectivity index (χ0v) is 16.8. The Morgan fingerprint density at radius 2 is 2.13 bits per heavy atom. The number of nitrogens with zero attached hydrogens (tertiary/aromatic N) is 4. The highest BCUT2D eigenvalue weighted by Gasteiger charge is 2.31. The van der Waals surface area contributed by atoms with Gasteiger partial charge in [-0.25, -0.2) is 4.52 Å². The van der Waals surface area contributed by atoms with Crippen LogP contribution in [0.1, 0.15) is 12.8 Å². The molecular formula is C20H18B3N5O3. The van der Waals surface area contributed by atoms with Crippen LogP contribution in [0.5, 0.6) is 11.6 Å². The van der Waals surface area contributed by atoms with Crippen molar-refractivity contribution in [2.75, 3.05) is 25.0 Å². The van der Waals surface area contributed by atoms with E-state index in [0.717, 1.165) is 23.2 Å². The lowest BCUT2D eigenvalue weighted by atomic mass is 9.52. The maximum atomic E-state index is 12.4. The molecule has 0 aliphatic carbocycles. The molecule has 4 heterocycles. The van der Waals surface area contributed by atoms with Crippen LogP contribution in [0.15, 0.2) is 36.7 Å². The molecule has 3 aromatic rings. The molecule has 1 N–H and O–H groups in total. The molecule has 2 aliphatic rings. The molecular weight excluding hydrogens is 391 g/mol. The number of benzene rings is 1. The molecule has 31 heavy (non-hydrogen) atoms. The molecule has 1 fully saturated rings. The smallest absolute Gasteiger partial charge is 0.223 e. The standard InChI is InChI=1S/C20H18B3N5O3/c21-20(22,23)31-15-8-12-7-13(9-15)24-4-6-27-14(1-2-18(27)29)11-30-17-3-5-28-19(26-17)16(12)10-25-28/h3,5,7-10,14,24H,1-2,4,6,11H2/t14-/m0/s1. The lowest BCUT2D eigenvalue weighted by molar-refractivity contribution is -0.129. The Bertz CT molecular complexity index is 1150. The summed E-state index contributed by atoms with van der Waals surface area (Å²) in [5.74, 6) is 0.990. The Hall–Kier alpha value is -3.10. The van der Waals surface area contributed by atoms with Gasteiger partial charge in [0.05, 0.1) is 12.2 Å². The summed E-state index contributed by atoms with van der Waals surface area (Å²) in [5.41, 5.74) is 2.96. The average molecular weight is 409 g/mol. The summed E-state index contributed by atoms with van der Waals surface area (Å²) in [6.45, 7) is 1.50. The van der Waals surface area contributed by atoms with Crippen molar-refractivity contribution in [3.8, 4) is 22.8 Å². The fourth-order valence-electron chi connectivity index (χ4n) is 4.03. The number of nitrogens with one attached hydrogen (secondary N) is 1. The SMILES string of the molecule is [B]C([B])([B])Oc1cc2cc(c1)-c1cnn3ccc(nc13)OC[C@@H]1CCC(=O)N1CCN2. The van der Waals surface area contributed by atoms with E-state index < -0.39 is 5.30 Å². The molecule has 1 aromatic carbocycles. The molecule has 0 unspecified atom stereocenters. The van der Waals surface area contributed by atoms with Crippen molar-refractivity contribution >= 4 is 40.8 Å². The summed E-state index contributed by atoms with van der Waals surface area (Å²) in [6.07, 6.45) is 4.79. The van der Waals surface area contributed by atoms with E-state index in [-0.39, 0.29) is 11.9 Å². The van der Waals surface area contributed by atoms with Crippen LogP contribution in [0.25, 0.3) is 16.8 Å². The molecule has 2 aliphatic heterocycles. The zero-order valence-electron chi connectivity index (χ0n) is 16.8. The number of carbonyl (C=O) groups is 1. The second-order valence-electron chi connectivity index (χ2n) is 7.81. The van der Waals surface area contributed by atoms with Gasteiger partial charge in [0, 0.05) is 49.1 Å². The first-order valence-corrected chi connectivity index (χ1v) is 10.1. The third-order valence-corrected chi connectivity index (χ3v) is 5.41. The van der Waals surface area contributed by atoms with E-state index in [4.69, 9.17) is 33.0 Å². The Balaban J connectivity index is 1.60. The van der Waals surface area contributed by atoms with Crippen molar-refractivity contribution in [2.24, 2.45) is 0 Å². The van der Waals surface area contributed by atoms with Gasteiger partial charge in [0.25, 0.3) is 0 Å². The number of ether oxygens (including phenoxy) is 2. The van der Waals surface area contributed by atoms with E-state index in [9.17, 15) is 4.79 Å². The van der Waals surface area contributed by atoms with Gasteiger partial charge in [-0.3, -0.25) is 4.79 Å². The van der Waals surface area contributed by atoms with E-state index >= 15 is 0 Å². The number of hydrogen-bond acceptors (Lipinski definition) is 6. The van der Waals surface area contributed by atoms with Gasteiger partial charge in [-0.15, -0.1) is 0 Å². The number of rotatable bonds is 2. The first-order chi connectivity index (χ1) is 14.9. The highest BCUT2D eigenvalue weighted by Crippen LogP contribution is 2.32. The monoisotopic (exact) mass is 409 g/mol. The van der Waals surface area contributed by atoms with Gasteiger partial charge in [0.2, 0.25) is 11.8 Å². The second-order valence-corrected chi connectivity index (χ2v) is 7.81.